The quantitative estimate of drug-likeness (QED) is 0.150. The van der Waals surface area contributed by atoms with E-state index in [9.17, 15) is 0 Å². The van der Waals surface area contributed by atoms with Crippen molar-refractivity contribution in [1.29, 1.82) is 0 Å². The molecule has 0 N–H and O–H groups in total. The van der Waals surface area contributed by atoms with Crippen molar-refractivity contribution in [2.45, 2.75) is 37.4 Å². The van der Waals surface area contributed by atoms with Crippen LogP contribution in [0.4, 0.5) is 0 Å². The molecule has 0 aliphatic heterocycles. The molecule has 0 bridgehead atoms. The molecule has 0 amide bonds. The average molecular weight is 536 g/mol. The van der Waals surface area contributed by atoms with Crippen LogP contribution in [0.2, 0.25) is 0 Å². The molecule has 0 saturated carbocycles. The molecule has 0 unspecified atom stereocenters. The third kappa shape index (κ3) is 4.80. The van der Waals surface area contributed by atoms with Crippen LogP contribution in [-0.4, -0.2) is 0 Å². The van der Waals surface area contributed by atoms with E-state index in [1.165, 1.54) is 22.3 Å². The molecule has 0 nitrogen and oxygen atoms in total. The third-order valence-electron chi connectivity index (χ3n) is 7.48. The number of rotatable bonds is 6. The van der Waals surface area contributed by atoms with Gasteiger partial charge in [0, 0.05) is 0 Å². The van der Waals surface area contributed by atoms with E-state index in [1.54, 1.807) is 0 Å². The average Bonchev–Trinajstić information content (AvgIpc) is 2.94. The Morgan fingerprint density at radius 2 is 0.421 bits per heavy atom. The molecule has 0 aliphatic carbocycles. The van der Waals surface area contributed by atoms with Gasteiger partial charge in [0.15, 0.2) is 0 Å². The fraction of sp³-hybridized carbons (Fsp3) is 0.167. The van der Waals surface area contributed by atoms with Crippen molar-refractivity contribution in [3.63, 3.8) is 0 Å². The van der Waals surface area contributed by atoms with Gasteiger partial charge in [-0.15, -0.1) is 23.2 Å². The fourth-order valence-corrected chi connectivity index (χ4v) is 5.82. The predicted molar refractivity (Wildman–Crippen MR) is 163 cm³/mol. The molecule has 190 valence electrons. The molecule has 0 spiro atoms. The third-order valence-corrected chi connectivity index (χ3v) is 8.79. The summed E-state index contributed by atoms with van der Waals surface area (Å²) in [6.45, 7) is 8.38. The Morgan fingerprint density at radius 3 is 0.579 bits per heavy atom. The minimum absolute atomic E-state index is 0.831. The van der Waals surface area contributed by atoms with Crippen LogP contribution < -0.4 is 0 Å². The monoisotopic (exact) mass is 534 g/mol. The van der Waals surface area contributed by atoms with Gasteiger partial charge in [-0.05, 0) is 61.1 Å². The number of alkyl halides is 2. The van der Waals surface area contributed by atoms with E-state index in [-0.39, 0.29) is 0 Å². The summed E-state index contributed by atoms with van der Waals surface area (Å²) in [6.07, 6.45) is 0. The maximum Gasteiger partial charge on any atom is 0.119 e. The normalized spacial score (nSPS) is 11.9. The molecule has 5 aromatic carbocycles. The van der Waals surface area contributed by atoms with E-state index >= 15 is 0 Å². The maximum atomic E-state index is 7.62. The number of hydrogen-bond acceptors (Lipinski definition) is 0. The van der Waals surface area contributed by atoms with Gasteiger partial charge in [-0.1, -0.05) is 144 Å². The van der Waals surface area contributed by atoms with Crippen molar-refractivity contribution in [1.82, 2.24) is 0 Å². The van der Waals surface area contributed by atoms with Crippen molar-refractivity contribution in [2.75, 3.05) is 0 Å². The molecular weight excluding hydrogens is 503 g/mol. The lowest BCUT2D eigenvalue weighted by atomic mass is 9.80. The van der Waals surface area contributed by atoms with Gasteiger partial charge in [-0.25, -0.2) is 0 Å². The second kappa shape index (κ2) is 10.4. The minimum Gasteiger partial charge on any atom is -0.104 e. The molecule has 5 rings (SSSR count). The first-order valence-electron chi connectivity index (χ1n) is 13.0. The first kappa shape index (κ1) is 26.3. The van der Waals surface area contributed by atoms with Crippen molar-refractivity contribution in [2.24, 2.45) is 0 Å². The lowest BCUT2D eigenvalue weighted by molar-refractivity contribution is 0.855. The summed E-state index contributed by atoms with van der Waals surface area (Å²) < 4.78 is 0. The highest BCUT2D eigenvalue weighted by atomic mass is 35.5. The second-order valence-corrected chi connectivity index (χ2v) is 11.5. The summed E-state index contributed by atoms with van der Waals surface area (Å²) in [5.74, 6) is 0. The van der Waals surface area contributed by atoms with E-state index < -0.39 is 9.75 Å². The van der Waals surface area contributed by atoms with Crippen molar-refractivity contribution in [3.8, 4) is 0 Å². The van der Waals surface area contributed by atoms with Crippen molar-refractivity contribution >= 4 is 23.2 Å². The Kier molecular flexibility index (Phi) is 7.23. The van der Waals surface area contributed by atoms with Gasteiger partial charge in [-0.2, -0.15) is 0 Å². The molecule has 38 heavy (non-hydrogen) atoms. The molecule has 0 aliphatic rings. The SMILES string of the molecule is Cc1ccc(C(Cl)(c2ccc(C)cc2)c2ccc(C(Cl)(c3ccc(C)cc3)c3ccc(C)cc3)cc2)cc1. The highest BCUT2D eigenvalue weighted by Gasteiger charge is 2.37. The van der Waals surface area contributed by atoms with Crippen LogP contribution in [0.25, 0.3) is 0 Å². The molecule has 2 heteroatoms. The minimum atomic E-state index is -0.831. The summed E-state index contributed by atoms with van der Waals surface area (Å²) >= 11 is 15.2. The highest BCUT2D eigenvalue weighted by Crippen LogP contribution is 2.46. The zero-order valence-electron chi connectivity index (χ0n) is 22.3. The van der Waals surface area contributed by atoms with Gasteiger partial charge in [0.1, 0.15) is 9.75 Å². The molecule has 0 saturated heterocycles. The Labute approximate surface area is 236 Å². The van der Waals surface area contributed by atoms with E-state index in [0.717, 1.165) is 33.4 Å². The second-order valence-electron chi connectivity index (χ2n) is 10.4. The topological polar surface area (TPSA) is 0 Å². The summed E-state index contributed by atoms with van der Waals surface area (Å²) in [5.41, 5.74) is 11.0. The Bertz CT molecular complexity index is 1300. The zero-order chi connectivity index (χ0) is 26.9. The molecule has 0 aromatic heterocycles. The summed E-state index contributed by atoms with van der Waals surface area (Å²) in [4.78, 5) is -1.66. The van der Waals surface area contributed by atoms with Crippen molar-refractivity contribution < 1.29 is 0 Å². The lowest BCUT2D eigenvalue weighted by Crippen LogP contribution is -2.25. The maximum absolute atomic E-state index is 7.62. The van der Waals surface area contributed by atoms with Gasteiger partial charge in [0.05, 0.1) is 0 Å². The number of halogens is 2. The van der Waals surface area contributed by atoms with E-state index in [2.05, 4.69) is 149 Å². The Hall–Kier alpha value is -3.32. The van der Waals surface area contributed by atoms with E-state index in [4.69, 9.17) is 23.2 Å². The van der Waals surface area contributed by atoms with Gasteiger partial charge in [0.25, 0.3) is 0 Å². The molecular formula is C36H32Cl2. The molecule has 5 aromatic rings. The van der Waals surface area contributed by atoms with Crippen LogP contribution in [0.1, 0.15) is 55.6 Å². The molecule has 0 atom stereocenters. The Morgan fingerprint density at radius 1 is 0.289 bits per heavy atom. The standard InChI is InChI=1S/C36H32Cl2/c1-25-5-13-29(14-6-25)35(37,30-15-7-26(2)8-16-30)33-21-23-34(24-22-33)36(38,31-17-9-27(3)10-18-31)32-19-11-28(4)12-20-32/h5-24H,1-4H3. The first-order valence-corrected chi connectivity index (χ1v) is 13.7. The van der Waals surface area contributed by atoms with Crippen LogP contribution in [0.5, 0.6) is 0 Å². The largest absolute Gasteiger partial charge is 0.119 e. The fourth-order valence-electron chi connectivity index (χ4n) is 5.06. The molecule has 0 radical (unpaired) electrons. The van der Waals surface area contributed by atoms with Crippen molar-refractivity contribution in [3.05, 3.63) is 177 Å². The summed E-state index contributed by atoms with van der Waals surface area (Å²) in [7, 11) is 0. The van der Waals surface area contributed by atoms with E-state index in [1.807, 2.05) is 0 Å². The number of benzene rings is 5. The summed E-state index contributed by atoms with van der Waals surface area (Å²) in [6, 6.07) is 42.5. The number of hydrogen-bond donors (Lipinski definition) is 0. The van der Waals surface area contributed by atoms with Crippen LogP contribution >= 0.6 is 23.2 Å². The smallest absolute Gasteiger partial charge is 0.104 e. The number of aryl methyl sites for hydroxylation is 4. The van der Waals surface area contributed by atoms with Crippen LogP contribution in [0, 0.1) is 27.7 Å². The zero-order valence-corrected chi connectivity index (χ0v) is 23.8. The van der Waals surface area contributed by atoms with Crippen LogP contribution in [0.15, 0.2) is 121 Å². The van der Waals surface area contributed by atoms with Crippen LogP contribution in [-0.2, 0) is 9.75 Å². The predicted octanol–water partition coefficient (Wildman–Crippen LogP) is 9.98. The Balaban J connectivity index is 1.66. The van der Waals surface area contributed by atoms with Gasteiger partial charge >= 0.3 is 0 Å². The van der Waals surface area contributed by atoms with Crippen LogP contribution in [0.3, 0.4) is 0 Å². The molecule has 0 fully saturated rings. The molecule has 0 heterocycles. The van der Waals surface area contributed by atoms with Gasteiger partial charge in [0.2, 0.25) is 0 Å². The first-order chi connectivity index (χ1) is 18.2. The lowest BCUT2D eigenvalue weighted by Gasteiger charge is -2.32. The summed E-state index contributed by atoms with van der Waals surface area (Å²) in [5, 5.41) is 0. The van der Waals surface area contributed by atoms with Gasteiger partial charge in [-0.3, -0.25) is 0 Å². The highest BCUT2D eigenvalue weighted by molar-refractivity contribution is 6.29. The van der Waals surface area contributed by atoms with E-state index in [0.29, 0.717) is 0 Å². The van der Waals surface area contributed by atoms with Gasteiger partial charge < -0.3 is 0 Å².